The quantitative estimate of drug-likeness (QED) is 0.907. The summed E-state index contributed by atoms with van der Waals surface area (Å²) in [5.74, 6) is 1.50. The van der Waals surface area contributed by atoms with Crippen LogP contribution in [0, 0.1) is 13.8 Å². The molecule has 0 aliphatic heterocycles. The van der Waals surface area contributed by atoms with E-state index < -0.39 is 6.10 Å². The molecule has 1 aliphatic rings. The Balaban J connectivity index is 1.95. The Hall–Kier alpha value is -1.80. The summed E-state index contributed by atoms with van der Waals surface area (Å²) in [7, 11) is 1.65. The molecule has 3 rings (SSSR count). The monoisotopic (exact) mass is 282 g/mol. The van der Waals surface area contributed by atoms with Gasteiger partial charge in [0.05, 0.1) is 7.11 Å². The predicted octanol–water partition coefficient (Wildman–Crippen LogP) is 4.27. The number of hydrogen-bond acceptors (Lipinski definition) is 2. The van der Waals surface area contributed by atoms with Gasteiger partial charge in [-0.2, -0.15) is 0 Å². The zero-order valence-electron chi connectivity index (χ0n) is 12.9. The maximum absolute atomic E-state index is 10.7. The van der Waals surface area contributed by atoms with Crippen LogP contribution in [0.25, 0.3) is 0 Å². The molecular formula is C19H22O2. The van der Waals surface area contributed by atoms with E-state index in [2.05, 4.69) is 18.2 Å². The predicted molar refractivity (Wildman–Crippen MR) is 84.9 cm³/mol. The molecule has 2 heteroatoms. The smallest absolute Gasteiger partial charge is 0.125 e. The van der Waals surface area contributed by atoms with Crippen molar-refractivity contribution in [3.05, 3.63) is 64.2 Å². The van der Waals surface area contributed by atoms with Crippen LogP contribution in [0.2, 0.25) is 0 Å². The van der Waals surface area contributed by atoms with Crippen LogP contribution in [0.15, 0.2) is 36.4 Å². The van der Waals surface area contributed by atoms with E-state index in [1.54, 1.807) is 7.11 Å². The minimum Gasteiger partial charge on any atom is -0.496 e. The molecule has 2 nitrogen and oxygen atoms in total. The zero-order valence-corrected chi connectivity index (χ0v) is 12.9. The van der Waals surface area contributed by atoms with E-state index in [9.17, 15) is 5.11 Å². The van der Waals surface area contributed by atoms with E-state index in [1.807, 2.05) is 32.0 Å². The van der Waals surface area contributed by atoms with Crippen LogP contribution in [0.3, 0.4) is 0 Å². The van der Waals surface area contributed by atoms with Crippen LogP contribution in [-0.4, -0.2) is 12.2 Å². The maximum Gasteiger partial charge on any atom is 0.125 e. The van der Waals surface area contributed by atoms with Gasteiger partial charge in [-0.25, -0.2) is 0 Å². The second-order valence-electron chi connectivity index (χ2n) is 6.04. The first-order chi connectivity index (χ1) is 10.1. The Morgan fingerprint density at radius 1 is 1.10 bits per heavy atom. The molecule has 1 unspecified atom stereocenters. The van der Waals surface area contributed by atoms with Gasteiger partial charge in [-0.1, -0.05) is 30.3 Å². The van der Waals surface area contributed by atoms with Crippen LogP contribution in [0.4, 0.5) is 0 Å². The Bertz CT molecular complexity index is 639. The summed E-state index contributed by atoms with van der Waals surface area (Å²) in [4.78, 5) is 0. The van der Waals surface area contributed by atoms with Crippen LogP contribution in [-0.2, 0) is 0 Å². The van der Waals surface area contributed by atoms with Gasteiger partial charge in [-0.05, 0) is 60.9 Å². The first kappa shape index (κ1) is 14.2. The summed E-state index contributed by atoms with van der Waals surface area (Å²) in [6.07, 6.45) is 1.95. The number of aliphatic hydroxyl groups is 1. The third-order valence-electron chi connectivity index (χ3n) is 4.29. The molecule has 0 radical (unpaired) electrons. The standard InChI is InChI=1S/C19H22O2/c1-12-10-13(2)18(17(11-12)21-3)19(20)16-8-6-15(7-9-16)14-4-5-14/h6-11,14,19-20H,4-5H2,1-3H3. The van der Waals surface area contributed by atoms with E-state index in [-0.39, 0.29) is 0 Å². The molecule has 1 atom stereocenters. The topological polar surface area (TPSA) is 29.5 Å². The number of methoxy groups -OCH3 is 1. The third-order valence-corrected chi connectivity index (χ3v) is 4.29. The number of hydrogen-bond donors (Lipinski definition) is 1. The molecule has 2 aromatic carbocycles. The van der Waals surface area contributed by atoms with Gasteiger partial charge in [0, 0.05) is 5.56 Å². The zero-order chi connectivity index (χ0) is 15.0. The fraction of sp³-hybridized carbons (Fsp3) is 0.368. The SMILES string of the molecule is COc1cc(C)cc(C)c1C(O)c1ccc(C2CC2)cc1. The molecule has 1 N–H and O–H groups in total. The van der Waals surface area contributed by atoms with Crippen molar-refractivity contribution in [3.63, 3.8) is 0 Å². The lowest BCUT2D eigenvalue weighted by atomic mass is 9.94. The summed E-state index contributed by atoms with van der Waals surface area (Å²) in [5.41, 5.74) is 5.38. The summed E-state index contributed by atoms with van der Waals surface area (Å²) < 4.78 is 5.46. The highest BCUT2D eigenvalue weighted by Crippen LogP contribution is 2.41. The molecule has 21 heavy (non-hydrogen) atoms. The Kier molecular flexibility index (Phi) is 3.73. The van der Waals surface area contributed by atoms with Gasteiger partial charge in [0.2, 0.25) is 0 Å². The second kappa shape index (κ2) is 5.53. The summed E-state index contributed by atoms with van der Waals surface area (Å²) >= 11 is 0. The molecule has 2 aromatic rings. The summed E-state index contributed by atoms with van der Waals surface area (Å²) in [5, 5.41) is 10.7. The molecule has 1 aliphatic carbocycles. The van der Waals surface area contributed by atoms with Gasteiger partial charge in [-0.3, -0.25) is 0 Å². The van der Waals surface area contributed by atoms with Gasteiger partial charge >= 0.3 is 0 Å². The first-order valence-corrected chi connectivity index (χ1v) is 7.53. The lowest BCUT2D eigenvalue weighted by Gasteiger charge is -2.19. The van der Waals surface area contributed by atoms with E-state index in [0.29, 0.717) is 0 Å². The fourth-order valence-corrected chi connectivity index (χ4v) is 2.99. The second-order valence-corrected chi connectivity index (χ2v) is 6.04. The van der Waals surface area contributed by atoms with E-state index >= 15 is 0 Å². The minimum atomic E-state index is -0.645. The third kappa shape index (κ3) is 2.81. The summed E-state index contributed by atoms with van der Waals surface area (Å²) in [6, 6.07) is 12.4. The summed E-state index contributed by atoms with van der Waals surface area (Å²) in [6.45, 7) is 4.06. The van der Waals surface area contributed by atoms with Gasteiger partial charge in [0.25, 0.3) is 0 Å². The molecular weight excluding hydrogens is 260 g/mol. The van der Waals surface area contributed by atoms with Crippen molar-refractivity contribution in [2.24, 2.45) is 0 Å². The van der Waals surface area contributed by atoms with Crippen molar-refractivity contribution in [3.8, 4) is 5.75 Å². The van der Waals surface area contributed by atoms with Crippen molar-refractivity contribution < 1.29 is 9.84 Å². The van der Waals surface area contributed by atoms with Crippen molar-refractivity contribution in [1.82, 2.24) is 0 Å². The number of ether oxygens (including phenoxy) is 1. The van der Waals surface area contributed by atoms with Gasteiger partial charge in [-0.15, -0.1) is 0 Å². The first-order valence-electron chi connectivity index (χ1n) is 7.53. The molecule has 0 amide bonds. The van der Waals surface area contributed by atoms with Crippen LogP contribution in [0.1, 0.15) is 52.7 Å². The van der Waals surface area contributed by atoms with Crippen molar-refractivity contribution in [1.29, 1.82) is 0 Å². The highest BCUT2D eigenvalue weighted by atomic mass is 16.5. The van der Waals surface area contributed by atoms with Crippen LogP contribution >= 0.6 is 0 Å². The maximum atomic E-state index is 10.7. The minimum absolute atomic E-state index is 0.645. The van der Waals surface area contributed by atoms with Crippen molar-refractivity contribution >= 4 is 0 Å². The van der Waals surface area contributed by atoms with Gasteiger partial charge < -0.3 is 9.84 Å². The van der Waals surface area contributed by atoms with E-state index in [4.69, 9.17) is 4.74 Å². The molecule has 0 spiro atoms. The Morgan fingerprint density at radius 3 is 2.33 bits per heavy atom. The normalized spacial score (nSPS) is 15.8. The molecule has 0 saturated heterocycles. The van der Waals surface area contributed by atoms with Gasteiger partial charge in [0.1, 0.15) is 11.9 Å². The van der Waals surface area contributed by atoms with Gasteiger partial charge in [0.15, 0.2) is 0 Å². The van der Waals surface area contributed by atoms with Crippen LogP contribution < -0.4 is 4.74 Å². The molecule has 0 bridgehead atoms. The largest absolute Gasteiger partial charge is 0.496 e. The highest BCUT2D eigenvalue weighted by molar-refractivity contribution is 5.48. The average molecular weight is 282 g/mol. The Labute approximate surface area is 126 Å². The molecule has 110 valence electrons. The molecule has 1 saturated carbocycles. The van der Waals surface area contributed by atoms with Crippen LogP contribution in [0.5, 0.6) is 5.75 Å². The fourth-order valence-electron chi connectivity index (χ4n) is 2.99. The number of rotatable bonds is 4. The van der Waals surface area contributed by atoms with Crippen molar-refractivity contribution in [2.45, 2.75) is 38.7 Å². The molecule has 0 heterocycles. The average Bonchev–Trinajstić information content (AvgIpc) is 3.30. The molecule has 1 fully saturated rings. The van der Waals surface area contributed by atoms with E-state index in [1.165, 1.54) is 18.4 Å². The van der Waals surface area contributed by atoms with Crippen molar-refractivity contribution in [2.75, 3.05) is 7.11 Å². The number of aliphatic hydroxyl groups excluding tert-OH is 1. The highest BCUT2D eigenvalue weighted by Gasteiger charge is 2.24. The number of benzene rings is 2. The van der Waals surface area contributed by atoms with E-state index in [0.717, 1.165) is 33.9 Å². The lowest BCUT2D eigenvalue weighted by Crippen LogP contribution is -2.05. The number of aryl methyl sites for hydroxylation is 2. The Morgan fingerprint density at radius 2 is 1.76 bits per heavy atom. The lowest BCUT2D eigenvalue weighted by molar-refractivity contribution is 0.214. The molecule has 0 aromatic heterocycles.